The highest BCUT2D eigenvalue weighted by molar-refractivity contribution is 5.85. The average Bonchev–Trinajstić information content (AvgIpc) is 2.72. The van der Waals surface area contributed by atoms with Crippen LogP contribution < -0.4 is 5.32 Å². The molecule has 1 aliphatic heterocycles. The van der Waals surface area contributed by atoms with Crippen LogP contribution in [0.4, 0.5) is 0 Å². The van der Waals surface area contributed by atoms with E-state index in [0.717, 1.165) is 25.9 Å². The van der Waals surface area contributed by atoms with Gasteiger partial charge in [-0.05, 0) is 25.7 Å². The van der Waals surface area contributed by atoms with Crippen molar-refractivity contribution in [2.45, 2.75) is 85.2 Å². The second-order valence-corrected chi connectivity index (χ2v) is 7.46. The van der Waals surface area contributed by atoms with Crippen molar-refractivity contribution in [2.24, 2.45) is 11.3 Å². The van der Waals surface area contributed by atoms with Crippen molar-refractivity contribution >= 4 is 5.91 Å². The van der Waals surface area contributed by atoms with Gasteiger partial charge in [-0.3, -0.25) is 10.1 Å². The van der Waals surface area contributed by atoms with Crippen molar-refractivity contribution in [1.82, 2.24) is 10.2 Å². The molecule has 0 bridgehead atoms. The summed E-state index contributed by atoms with van der Waals surface area (Å²) in [5, 5.41) is 3.56. The highest BCUT2D eigenvalue weighted by Gasteiger charge is 2.56. The maximum Gasteiger partial charge on any atom is 0.241 e. The van der Waals surface area contributed by atoms with Gasteiger partial charge in [0.25, 0.3) is 0 Å². The lowest BCUT2D eigenvalue weighted by Gasteiger charge is -2.56. The Morgan fingerprint density at radius 2 is 2.05 bits per heavy atom. The van der Waals surface area contributed by atoms with Crippen LogP contribution in [0.5, 0.6) is 0 Å². The first-order chi connectivity index (χ1) is 9.84. The van der Waals surface area contributed by atoms with Crippen LogP contribution in [0, 0.1) is 11.3 Å². The Bertz CT molecular complexity index is 381. The normalized spacial score (nSPS) is 35.4. The number of carbonyl (C=O) groups excluding carboxylic acids is 1. The predicted molar refractivity (Wildman–Crippen MR) is 84.9 cm³/mol. The van der Waals surface area contributed by atoms with Gasteiger partial charge in [0.15, 0.2) is 0 Å². The van der Waals surface area contributed by atoms with E-state index in [9.17, 15) is 4.79 Å². The zero-order valence-electron chi connectivity index (χ0n) is 14.5. The van der Waals surface area contributed by atoms with Crippen LogP contribution >= 0.6 is 0 Å². The minimum atomic E-state index is 0.00402. The topological polar surface area (TPSA) is 41.6 Å². The van der Waals surface area contributed by atoms with Crippen LogP contribution in [0.15, 0.2) is 0 Å². The molecule has 4 unspecified atom stereocenters. The minimum absolute atomic E-state index is 0.00402. The van der Waals surface area contributed by atoms with E-state index in [0.29, 0.717) is 17.9 Å². The van der Waals surface area contributed by atoms with Crippen LogP contribution in [0.2, 0.25) is 0 Å². The molecule has 1 saturated heterocycles. The Hall–Kier alpha value is -0.610. The Kier molecular flexibility index (Phi) is 4.99. The van der Waals surface area contributed by atoms with Gasteiger partial charge < -0.3 is 9.64 Å². The molecule has 1 saturated carbocycles. The third kappa shape index (κ3) is 2.85. The lowest BCUT2D eigenvalue weighted by atomic mass is 9.63. The number of amides is 1. The summed E-state index contributed by atoms with van der Waals surface area (Å²) in [7, 11) is 0. The molecule has 122 valence electrons. The van der Waals surface area contributed by atoms with Crippen LogP contribution in [-0.4, -0.2) is 41.8 Å². The van der Waals surface area contributed by atoms with Crippen molar-refractivity contribution in [2.75, 3.05) is 6.61 Å². The number of rotatable bonds is 6. The molecule has 0 aromatic carbocycles. The summed E-state index contributed by atoms with van der Waals surface area (Å²) in [5.74, 6) is 0.723. The Morgan fingerprint density at radius 1 is 1.38 bits per heavy atom. The summed E-state index contributed by atoms with van der Waals surface area (Å²) in [6.45, 7) is 13.8. The van der Waals surface area contributed by atoms with Gasteiger partial charge in [-0.25, -0.2) is 0 Å². The lowest BCUT2D eigenvalue weighted by Crippen LogP contribution is -2.65. The van der Waals surface area contributed by atoms with Gasteiger partial charge in [-0.1, -0.05) is 41.0 Å². The molecule has 21 heavy (non-hydrogen) atoms. The van der Waals surface area contributed by atoms with Crippen molar-refractivity contribution < 1.29 is 9.53 Å². The standard InChI is InChI=1S/C17H32N2O2/c1-7-9-12-16(20)19(15(18-12)11(3)4)13-10-14(21-8-2)17(13,5)6/h11-15,18H,7-10H2,1-6H3. The van der Waals surface area contributed by atoms with Gasteiger partial charge in [-0.2, -0.15) is 0 Å². The molecule has 0 aromatic rings. The summed E-state index contributed by atoms with van der Waals surface area (Å²) in [6, 6.07) is 0.299. The van der Waals surface area contributed by atoms with Gasteiger partial charge in [0.05, 0.1) is 18.3 Å². The van der Waals surface area contributed by atoms with E-state index in [1.807, 2.05) is 6.92 Å². The van der Waals surface area contributed by atoms with E-state index in [1.165, 1.54) is 0 Å². The molecule has 0 radical (unpaired) electrons. The molecule has 2 aliphatic rings. The molecule has 1 N–H and O–H groups in total. The molecular formula is C17H32N2O2. The summed E-state index contributed by atoms with van der Waals surface area (Å²) >= 11 is 0. The van der Waals surface area contributed by atoms with Crippen LogP contribution in [-0.2, 0) is 9.53 Å². The molecule has 4 heteroatoms. The highest BCUT2D eigenvalue weighted by Crippen LogP contribution is 2.47. The molecule has 0 spiro atoms. The summed E-state index contributed by atoms with van der Waals surface area (Å²) in [4.78, 5) is 15.0. The fourth-order valence-electron chi connectivity index (χ4n) is 3.85. The zero-order chi connectivity index (χ0) is 15.8. The number of ether oxygens (including phenoxy) is 1. The van der Waals surface area contributed by atoms with Gasteiger partial charge in [-0.15, -0.1) is 0 Å². The van der Waals surface area contributed by atoms with Gasteiger partial charge >= 0.3 is 0 Å². The first-order valence-electron chi connectivity index (χ1n) is 8.54. The number of nitrogens with zero attached hydrogens (tertiary/aromatic N) is 1. The van der Waals surface area contributed by atoms with Gasteiger partial charge in [0, 0.05) is 18.1 Å². The number of carbonyl (C=O) groups is 1. The Balaban J connectivity index is 2.15. The molecule has 1 heterocycles. The van der Waals surface area contributed by atoms with E-state index in [2.05, 4.69) is 44.8 Å². The molecule has 1 aliphatic carbocycles. The number of nitrogens with one attached hydrogen (secondary N) is 1. The van der Waals surface area contributed by atoms with Gasteiger partial charge in [0.2, 0.25) is 5.91 Å². The first kappa shape index (κ1) is 16.8. The molecule has 4 nitrogen and oxygen atoms in total. The monoisotopic (exact) mass is 296 g/mol. The smallest absolute Gasteiger partial charge is 0.241 e. The molecule has 1 amide bonds. The maximum absolute atomic E-state index is 12.8. The molecule has 2 rings (SSSR count). The Morgan fingerprint density at radius 3 is 2.52 bits per heavy atom. The molecular weight excluding hydrogens is 264 g/mol. The van der Waals surface area contributed by atoms with E-state index >= 15 is 0 Å². The number of hydrogen-bond acceptors (Lipinski definition) is 3. The summed E-state index contributed by atoms with van der Waals surface area (Å²) in [5.41, 5.74) is 0.0432. The van der Waals surface area contributed by atoms with Crippen molar-refractivity contribution in [1.29, 1.82) is 0 Å². The zero-order valence-corrected chi connectivity index (χ0v) is 14.5. The molecule has 0 aromatic heterocycles. The van der Waals surface area contributed by atoms with Crippen LogP contribution in [0.1, 0.15) is 60.8 Å². The van der Waals surface area contributed by atoms with E-state index in [-0.39, 0.29) is 23.7 Å². The maximum atomic E-state index is 12.8. The summed E-state index contributed by atoms with van der Waals surface area (Å²) in [6.07, 6.45) is 3.38. The molecule has 4 atom stereocenters. The first-order valence-corrected chi connectivity index (χ1v) is 8.54. The second kappa shape index (κ2) is 6.25. The van der Waals surface area contributed by atoms with Crippen molar-refractivity contribution in [3.05, 3.63) is 0 Å². The van der Waals surface area contributed by atoms with Gasteiger partial charge in [0.1, 0.15) is 0 Å². The van der Waals surface area contributed by atoms with E-state index < -0.39 is 0 Å². The SMILES string of the molecule is CCCC1NC(C(C)C)N(C2CC(OCC)C2(C)C)C1=O. The van der Waals surface area contributed by atoms with E-state index in [4.69, 9.17) is 4.74 Å². The molecule has 2 fully saturated rings. The van der Waals surface area contributed by atoms with Crippen LogP contribution in [0.3, 0.4) is 0 Å². The second-order valence-electron chi connectivity index (χ2n) is 7.46. The predicted octanol–water partition coefficient (Wildman–Crippen LogP) is 2.77. The average molecular weight is 296 g/mol. The van der Waals surface area contributed by atoms with Crippen molar-refractivity contribution in [3.63, 3.8) is 0 Å². The fourth-order valence-corrected chi connectivity index (χ4v) is 3.85. The third-order valence-corrected chi connectivity index (χ3v) is 5.26. The highest BCUT2D eigenvalue weighted by atomic mass is 16.5. The largest absolute Gasteiger partial charge is 0.378 e. The third-order valence-electron chi connectivity index (χ3n) is 5.26. The van der Waals surface area contributed by atoms with E-state index in [1.54, 1.807) is 0 Å². The number of hydrogen-bond donors (Lipinski definition) is 1. The Labute approximate surface area is 129 Å². The van der Waals surface area contributed by atoms with Crippen LogP contribution in [0.25, 0.3) is 0 Å². The fraction of sp³-hybridized carbons (Fsp3) is 0.941. The van der Waals surface area contributed by atoms with Crippen molar-refractivity contribution in [3.8, 4) is 0 Å². The minimum Gasteiger partial charge on any atom is -0.378 e. The quantitative estimate of drug-likeness (QED) is 0.819. The summed E-state index contributed by atoms with van der Waals surface area (Å²) < 4.78 is 5.83. The lowest BCUT2D eigenvalue weighted by molar-refractivity contribution is -0.170.